The lowest BCUT2D eigenvalue weighted by Gasteiger charge is -2.33. The summed E-state index contributed by atoms with van der Waals surface area (Å²) in [7, 11) is 0.482. The van der Waals surface area contributed by atoms with Crippen LogP contribution in [0.1, 0.15) is 23.1 Å². The molecule has 0 unspecified atom stereocenters. The molecule has 0 N–H and O–H groups in total. The molecule has 1 aliphatic rings. The van der Waals surface area contributed by atoms with Crippen molar-refractivity contribution in [1.82, 2.24) is 10.0 Å². The van der Waals surface area contributed by atoms with E-state index in [2.05, 4.69) is 0 Å². The molecule has 0 bridgehead atoms. The van der Waals surface area contributed by atoms with Crippen molar-refractivity contribution in [1.29, 1.82) is 0 Å². The van der Waals surface area contributed by atoms with Crippen LogP contribution in [0.25, 0.3) is 11.0 Å². The fourth-order valence-electron chi connectivity index (χ4n) is 3.49. The van der Waals surface area contributed by atoms with Crippen molar-refractivity contribution >= 4 is 26.7 Å². The summed E-state index contributed by atoms with van der Waals surface area (Å²) in [6.45, 7) is 4.03. The predicted octanol–water partition coefficient (Wildman–Crippen LogP) is 2.08. The maximum atomic E-state index is 12.9. The quantitative estimate of drug-likeness (QED) is 0.777. The van der Waals surface area contributed by atoms with Crippen LogP contribution in [0.2, 0.25) is 0 Å². The molecule has 1 saturated heterocycles. The molecule has 1 atom stereocenters. The Labute approximate surface area is 148 Å². The Morgan fingerprint density at radius 2 is 2.00 bits per heavy atom. The van der Waals surface area contributed by atoms with Gasteiger partial charge in [-0.2, -0.15) is 0 Å². The molecule has 0 saturated carbocycles. The van der Waals surface area contributed by atoms with Crippen LogP contribution in [-0.4, -0.2) is 56.0 Å². The highest BCUT2D eigenvalue weighted by molar-refractivity contribution is 7.91. The predicted molar refractivity (Wildman–Crippen MR) is 97.0 cm³/mol. The number of aryl methyl sites for hydroxylation is 2. The molecule has 7 heteroatoms. The van der Waals surface area contributed by atoms with Crippen LogP contribution in [0.4, 0.5) is 0 Å². The summed E-state index contributed by atoms with van der Waals surface area (Å²) in [6.07, 6.45) is 2.30. The Bertz CT molecular complexity index is 915. The molecule has 1 amide bonds. The summed E-state index contributed by atoms with van der Waals surface area (Å²) in [5.74, 6) is 0.0528. The minimum atomic E-state index is -3.05. The van der Waals surface area contributed by atoms with Crippen LogP contribution >= 0.6 is 0 Å². The Kier molecular flexibility index (Phi) is 4.64. The fourth-order valence-corrected chi connectivity index (χ4v) is 5.18. The van der Waals surface area contributed by atoms with Gasteiger partial charge in [-0.05, 0) is 31.4 Å². The Hall–Kier alpha value is -1.86. The third-order valence-electron chi connectivity index (χ3n) is 4.92. The summed E-state index contributed by atoms with van der Waals surface area (Å²) in [4.78, 5) is 12.9. The summed E-state index contributed by atoms with van der Waals surface area (Å²) >= 11 is 0. The summed E-state index contributed by atoms with van der Waals surface area (Å²) in [5, 5.41) is 4.20. The standard InChI is InChI=1S/C18H24N2O4S/c1-12-5-6-16-14(10-24-18(16)13(12)2)9-17(21)20(19(3)4)15-7-8-25(22,23)11-15/h5-6,10,15H,7-9,11H2,1-4H3/t15-/m0/s1. The average Bonchev–Trinajstić information content (AvgIpc) is 3.07. The zero-order valence-corrected chi connectivity index (χ0v) is 15.9. The fraction of sp³-hybridized carbons (Fsp3) is 0.500. The van der Waals surface area contributed by atoms with Crippen molar-refractivity contribution in [3.63, 3.8) is 0 Å². The van der Waals surface area contributed by atoms with E-state index < -0.39 is 9.84 Å². The largest absolute Gasteiger partial charge is 0.464 e. The lowest BCUT2D eigenvalue weighted by atomic mass is 10.0. The van der Waals surface area contributed by atoms with E-state index in [1.54, 1.807) is 30.4 Å². The Balaban J connectivity index is 1.86. The van der Waals surface area contributed by atoms with Crippen LogP contribution in [-0.2, 0) is 21.1 Å². The van der Waals surface area contributed by atoms with Gasteiger partial charge < -0.3 is 4.42 Å². The van der Waals surface area contributed by atoms with Gasteiger partial charge in [-0.25, -0.2) is 13.4 Å². The molecule has 136 valence electrons. The second kappa shape index (κ2) is 6.46. The topological polar surface area (TPSA) is 70.8 Å². The van der Waals surface area contributed by atoms with Crippen LogP contribution in [0.3, 0.4) is 0 Å². The number of fused-ring (bicyclic) bond motifs is 1. The minimum Gasteiger partial charge on any atom is -0.464 e. The van der Waals surface area contributed by atoms with E-state index in [0.717, 1.165) is 27.7 Å². The highest BCUT2D eigenvalue weighted by Gasteiger charge is 2.36. The molecular weight excluding hydrogens is 340 g/mol. The number of benzene rings is 1. The number of hydrazine groups is 1. The molecule has 1 fully saturated rings. The van der Waals surface area contributed by atoms with E-state index in [1.165, 1.54) is 0 Å². The van der Waals surface area contributed by atoms with Gasteiger partial charge in [0.15, 0.2) is 9.84 Å². The third kappa shape index (κ3) is 3.43. The number of carbonyl (C=O) groups is 1. The zero-order valence-electron chi connectivity index (χ0n) is 15.1. The smallest absolute Gasteiger partial charge is 0.241 e. The number of hydrogen-bond donors (Lipinski definition) is 0. The first-order valence-corrected chi connectivity index (χ1v) is 10.2. The van der Waals surface area contributed by atoms with Crippen molar-refractivity contribution in [2.45, 2.75) is 32.7 Å². The van der Waals surface area contributed by atoms with E-state index in [-0.39, 0.29) is 29.9 Å². The monoisotopic (exact) mass is 364 g/mol. The molecule has 0 spiro atoms. The van der Waals surface area contributed by atoms with Crippen molar-refractivity contribution in [3.05, 3.63) is 35.1 Å². The molecule has 6 nitrogen and oxygen atoms in total. The van der Waals surface area contributed by atoms with Gasteiger partial charge in [0.2, 0.25) is 5.91 Å². The lowest BCUT2D eigenvalue weighted by molar-refractivity contribution is -0.148. The van der Waals surface area contributed by atoms with E-state index in [1.807, 2.05) is 26.0 Å². The van der Waals surface area contributed by atoms with E-state index in [9.17, 15) is 13.2 Å². The normalized spacial score (nSPS) is 19.6. The maximum absolute atomic E-state index is 12.9. The van der Waals surface area contributed by atoms with Gasteiger partial charge in [0, 0.05) is 25.0 Å². The SMILES string of the molecule is Cc1ccc2c(CC(=O)N([C@H]3CCS(=O)(=O)C3)N(C)C)coc2c1C. The summed E-state index contributed by atoms with van der Waals surface area (Å²) in [5.41, 5.74) is 3.85. The van der Waals surface area contributed by atoms with Gasteiger partial charge in [-0.3, -0.25) is 9.80 Å². The Morgan fingerprint density at radius 1 is 1.28 bits per heavy atom. The van der Waals surface area contributed by atoms with E-state index in [4.69, 9.17) is 4.42 Å². The molecule has 25 heavy (non-hydrogen) atoms. The molecule has 0 radical (unpaired) electrons. The van der Waals surface area contributed by atoms with Crippen LogP contribution in [0.5, 0.6) is 0 Å². The number of sulfone groups is 1. The lowest BCUT2D eigenvalue weighted by Crippen LogP contribution is -2.49. The van der Waals surface area contributed by atoms with Gasteiger partial charge in [-0.1, -0.05) is 12.1 Å². The summed E-state index contributed by atoms with van der Waals surface area (Å²) in [6, 6.07) is 3.70. The van der Waals surface area contributed by atoms with Gasteiger partial charge in [0.25, 0.3) is 0 Å². The Morgan fingerprint density at radius 3 is 2.60 bits per heavy atom. The van der Waals surface area contributed by atoms with Crippen molar-refractivity contribution in [2.75, 3.05) is 25.6 Å². The zero-order chi connectivity index (χ0) is 18.4. The van der Waals surface area contributed by atoms with E-state index in [0.29, 0.717) is 6.42 Å². The highest BCUT2D eigenvalue weighted by Crippen LogP contribution is 2.28. The molecule has 0 aliphatic carbocycles. The first-order valence-electron chi connectivity index (χ1n) is 8.35. The van der Waals surface area contributed by atoms with Crippen molar-refractivity contribution < 1.29 is 17.6 Å². The van der Waals surface area contributed by atoms with Crippen LogP contribution < -0.4 is 0 Å². The number of amides is 1. The van der Waals surface area contributed by atoms with Gasteiger partial charge in [-0.15, -0.1) is 0 Å². The molecular formula is C18H24N2O4S. The number of carbonyl (C=O) groups excluding carboxylic acids is 1. The third-order valence-corrected chi connectivity index (χ3v) is 6.67. The van der Waals surface area contributed by atoms with Gasteiger partial charge >= 0.3 is 0 Å². The second-order valence-electron chi connectivity index (χ2n) is 6.96. The van der Waals surface area contributed by atoms with Crippen molar-refractivity contribution in [2.24, 2.45) is 0 Å². The molecule has 1 aromatic heterocycles. The maximum Gasteiger partial charge on any atom is 0.241 e. The van der Waals surface area contributed by atoms with Crippen LogP contribution in [0, 0.1) is 13.8 Å². The highest BCUT2D eigenvalue weighted by atomic mass is 32.2. The molecule has 2 aromatic rings. The first-order chi connectivity index (χ1) is 11.7. The van der Waals surface area contributed by atoms with Crippen molar-refractivity contribution in [3.8, 4) is 0 Å². The minimum absolute atomic E-state index is 0.0291. The van der Waals surface area contributed by atoms with Crippen LogP contribution in [0.15, 0.2) is 22.8 Å². The molecule has 3 rings (SSSR count). The average molecular weight is 364 g/mol. The number of hydrogen-bond acceptors (Lipinski definition) is 5. The number of rotatable bonds is 4. The van der Waals surface area contributed by atoms with E-state index >= 15 is 0 Å². The van der Waals surface area contributed by atoms with Gasteiger partial charge in [0.05, 0.1) is 30.2 Å². The molecule has 2 heterocycles. The first kappa shape index (κ1) is 17.9. The number of furan rings is 1. The molecule has 1 aromatic carbocycles. The van der Waals surface area contributed by atoms with Gasteiger partial charge in [0.1, 0.15) is 5.58 Å². The summed E-state index contributed by atoms with van der Waals surface area (Å²) < 4.78 is 29.2. The second-order valence-corrected chi connectivity index (χ2v) is 9.19. The number of nitrogens with zero attached hydrogens (tertiary/aromatic N) is 2. The molecule has 1 aliphatic heterocycles.